The molecule has 0 fully saturated rings. The maximum atomic E-state index is 12.4. The minimum absolute atomic E-state index is 0.142. The largest absolute Gasteiger partial charge is 0.497 e. The van der Waals surface area contributed by atoms with Crippen LogP contribution in [0, 0.1) is 0 Å². The molecule has 1 aliphatic carbocycles. The van der Waals surface area contributed by atoms with E-state index < -0.39 is 5.92 Å². The molecule has 0 aliphatic heterocycles. The minimum atomic E-state index is -0.757. The maximum absolute atomic E-state index is 12.4. The van der Waals surface area contributed by atoms with Gasteiger partial charge in [-0.2, -0.15) is 0 Å². The first-order valence-electron chi connectivity index (χ1n) is 6.14. The second-order valence-electron chi connectivity index (χ2n) is 4.59. The minimum Gasteiger partial charge on any atom is -0.497 e. The molecule has 3 nitrogen and oxygen atoms in total. The van der Waals surface area contributed by atoms with Crippen molar-refractivity contribution in [3.05, 3.63) is 63.6 Å². The molecule has 2 aromatic rings. The van der Waals surface area contributed by atoms with Crippen molar-refractivity contribution in [1.82, 2.24) is 0 Å². The van der Waals surface area contributed by atoms with E-state index in [4.69, 9.17) is 4.74 Å². The average Bonchev–Trinajstić information content (AvgIpc) is 2.72. The molecule has 20 heavy (non-hydrogen) atoms. The summed E-state index contributed by atoms with van der Waals surface area (Å²) < 4.78 is 5.83. The first kappa shape index (κ1) is 13.1. The van der Waals surface area contributed by atoms with Crippen molar-refractivity contribution >= 4 is 27.5 Å². The van der Waals surface area contributed by atoms with E-state index in [0.29, 0.717) is 26.9 Å². The zero-order valence-electron chi connectivity index (χ0n) is 10.7. The number of Topliss-reactive ketones (excluding diaryl/α,β-unsaturated/α-hetero) is 2. The fourth-order valence-corrected chi connectivity index (χ4v) is 3.08. The molecule has 4 heteroatoms. The summed E-state index contributed by atoms with van der Waals surface area (Å²) in [4.78, 5) is 24.9. The van der Waals surface area contributed by atoms with Crippen molar-refractivity contribution in [1.29, 1.82) is 0 Å². The first-order valence-corrected chi connectivity index (χ1v) is 6.93. The summed E-state index contributed by atoms with van der Waals surface area (Å²) in [6, 6.07) is 12.2. The van der Waals surface area contributed by atoms with Crippen molar-refractivity contribution in [3.63, 3.8) is 0 Å². The van der Waals surface area contributed by atoms with Crippen molar-refractivity contribution < 1.29 is 14.3 Å². The lowest BCUT2D eigenvalue weighted by molar-refractivity contribution is 0.0889. The smallest absolute Gasteiger partial charge is 0.178 e. The Morgan fingerprint density at radius 2 is 1.60 bits per heavy atom. The second kappa shape index (κ2) is 4.87. The van der Waals surface area contributed by atoms with Gasteiger partial charge in [-0.05, 0) is 17.7 Å². The second-order valence-corrected chi connectivity index (χ2v) is 5.45. The van der Waals surface area contributed by atoms with Crippen LogP contribution < -0.4 is 4.74 Å². The number of ketones is 2. The first-order chi connectivity index (χ1) is 9.63. The van der Waals surface area contributed by atoms with E-state index in [1.165, 1.54) is 0 Å². The molecule has 0 spiro atoms. The summed E-state index contributed by atoms with van der Waals surface area (Å²) in [7, 11) is 1.57. The van der Waals surface area contributed by atoms with Gasteiger partial charge in [0.15, 0.2) is 11.6 Å². The quantitative estimate of drug-likeness (QED) is 0.790. The van der Waals surface area contributed by atoms with Crippen molar-refractivity contribution in [3.8, 4) is 5.75 Å². The number of hydrogen-bond donors (Lipinski definition) is 0. The van der Waals surface area contributed by atoms with Crippen LogP contribution in [0.1, 0.15) is 32.2 Å². The topological polar surface area (TPSA) is 43.4 Å². The number of halogens is 1. The van der Waals surface area contributed by atoms with E-state index in [9.17, 15) is 9.59 Å². The summed E-state index contributed by atoms with van der Waals surface area (Å²) in [5.74, 6) is -0.364. The number of methoxy groups -OCH3 is 1. The maximum Gasteiger partial charge on any atom is 0.178 e. The Kier molecular flexibility index (Phi) is 3.18. The van der Waals surface area contributed by atoms with Crippen LogP contribution in [-0.4, -0.2) is 18.7 Å². The molecule has 0 aromatic heterocycles. The van der Waals surface area contributed by atoms with Gasteiger partial charge >= 0.3 is 0 Å². The molecule has 0 atom stereocenters. The van der Waals surface area contributed by atoms with Crippen LogP contribution in [0.2, 0.25) is 0 Å². The van der Waals surface area contributed by atoms with Gasteiger partial charge in [-0.25, -0.2) is 0 Å². The van der Waals surface area contributed by atoms with Gasteiger partial charge in [0.1, 0.15) is 11.7 Å². The molecular weight excluding hydrogens is 320 g/mol. The van der Waals surface area contributed by atoms with Crippen molar-refractivity contribution in [2.24, 2.45) is 0 Å². The molecule has 100 valence electrons. The van der Waals surface area contributed by atoms with Gasteiger partial charge in [-0.1, -0.05) is 46.3 Å². The SMILES string of the molecule is COc1ccc(C2C(=O)c3ccccc3C2=O)c(Br)c1. The summed E-state index contributed by atoms with van der Waals surface area (Å²) in [5.41, 5.74) is 1.69. The van der Waals surface area contributed by atoms with Crippen molar-refractivity contribution in [2.75, 3.05) is 7.11 Å². The van der Waals surface area contributed by atoms with Gasteiger partial charge in [0.2, 0.25) is 0 Å². The van der Waals surface area contributed by atoms with Gasteiger partial charge in [-0.15, -0.1) is 0 Å². The fraction of sp³-hybridized carbons (Fsp3) is 0.125. The lowest BCUT2D eigenvalue weighted by atomic mass is 9.94. The standard InChI is InChI=1S/C16H11BrO3/c1-20-9-6-7-12(13(17)8-9)14-15(18)10-4-2-3-5-11(10)16(14)19/h2-8,14H,1H3. The van der Waals surface area contributed by atoms with E-state index in [2.05, 4.69) is 15.9 Å². The molecule has 1 aliphatic rings. The third-order valence-electron chi connectivity index (χ3n) is 3.50. The highest BCUT2D eigenvalue weighted by atomic mass is 79.9. The van der Waals surface area contributed by atoms with E-state index in [1.807, 2.05) is 0 Å². The number of fused-ring (bicyclic) bond motifs is 1. The van der Waals surface area contributed by atoms with Crippen LogP contribution in [0.15, 0.2) is 46.9 Å². The van der Waals surface area contributed by atoms with E-state index >= 15 is 0 Å². The third-order valence-corrected chi connectivity index (χ3v) is 4.19. The lowest BCUT2D eigenvalue weighted by Gasteiger charge is -2.11. The Bertz CT molecular complexity index is 686. The van der Waals surface area contributed by atoms with Crippen LogP contribution in [0.5, 0.6) is 5.75 Å². The Balaban J connectivity index is 2.09. The summed E-state index contributed by atoms with van der Waals surface area (Å²) in [6.45, 7) is 0. The van der Waals surface area contributed by atoms with Gasteiger partial charge in [0.25, 0.3) is 0 Å². The Hall–Kier alpha value is -1.94. The molecule has 0 unspecified atom stereocenters. The fourth-order valence-electron chi connectivity index (χ4n) is 2.49. The molecule has 0 radical (unpaired) electrons. The van der Waals surface area contributed by atoms with Gasteiger partial charge in [-0.3, -0.25) is 9.59 Å². The number of benzene rings is 2. The van der Waals surface area contributed by atoms with Crippen LogP contribution in [0.3, 0.4) is 0 Å². The zero-order valence-corrected chi connectivity index (χ0v) is 12.3. The molecule has 0 heterocycles. The Labute approximate surface area is 124 Å². The third kappa shape index (κ3) is 1.88. The van der Waals surface area contributed by atoms with E-state index in [-0.39, 0.29) is 11.6 Å². The molecule has 2 aromatic carbocycles. The molecule has 0 saturated heterocycles. The van der Waals surface area contributed by atoms with Gasteiger partial charge < -0.3 is 4.74 Å². The number of carbonyl (C=O) groups excluding carboxylic acids is 2. The Morgan fingerprint density at radius 3 is 2.10 bits per heavy atom. The highest BCUT2D eigenvalue weighted by Gasteiger charge is 2.40. The molecular formula is C16H11BrO3. The van der Waals surface area contributed by atoms with E-state index in [0.717, 1.165) is 0 Å². The molecule has 0 amide bonds. The predicted octanol–water partition coefficient (Wildman–Crippen LogP) is 3.62. The van der Waals surface area contributed by atoms with Gasteiger partial charge in [0.05, 0.1) is 7.11 Å². The molecule has 0 saturated carbocycles. The molecule has 0 N–H and O–H groups in total. The van der Waals surface area contributed by atoms with Crippen LogP contribution in [0.25, 0.3) is 0 Å². The number of ether oxygens (including phenoxy) is 1. The van der Waals surface area contributed by atoms with Crippen molar-refractivity contribution in [2.45, 2.75) is 5.92 Å². The number of rotatable bonds is 2. The highest BCUT2D eigenvalue weighted by Crippen LogP contribution is 2.38. The normalized spacial score (nSPS) is 14.5. The number of carbonyl (C=O) groups is 2. The van der Waals surface area contributed by atoms with Crippen LogP contribution >= 0.6 is 15.9 Å². The number of hydrogen-bond acceptors (Lipinski definition) is 3. The predicted molar refractivity (Wildman–Crippen MR) is 78.5 cm³/mol. The van der Waals surface area contributed by atoms with E-state index in [1.54, 1.807) is 49.6 Å². The zero-order chi connectivity index (χ0) is 14.3. The lowest BCUT2D eigenvalue weighted by Crippen LogP contribution is -2.13. The summed E-state index contributed by atoms with van der Waals surface area (Å²) >= 11 is 3.41. The summed E-state index contributed by atoms with van der Waals surface area (Å²) in [6.07, 6.45) is 0. The van der Waals surface area contributed by atoms with Crippen LogP contribution in [0.4, 0.5) is 0 Å². The summed E-state index contributed by atoms with van der Waals surface area (Å²) in [5, 5.41) is 0. The van der Waals surface area contributed by atoms with Crippen LogP contribution in [-0.2, 0) is 0 Å². The Morgan fingerprint density at radius 1 is 1.00 bits per heavy atom. The molecule has 3 rings (SSSR count). The monoisotopic (exact) mass is 330 g/mol. The van der Waals surface area contributed by atoms with Gasteiger partial charge in [0, 0.05) is 15.6 Å². The average molecular weight is 331 g/mol. The highest BCUT2D eigenvalue weighted by molar-refractivity contribution is 9.10. The molecule has 0 bridgehead atoms.